The lowest BCUT2D eigenvalue weighted by molar-refractivity contribution is 0.320. The monoisotopic (exact) mass is 128 g/mol. The average Bonchev–Trinajstić information content (AvgIpc) is 1.82. The maximum atomic E-state index is 7.94. The number of hydrogen-bond acceptors (Lipinski definition) is 2. The third-order valence-electron chi connectivity index (χ3n) is 1.29. The van der Waals surface area contributed by atoms with E-state index in [1.807, 2.05) is 25.9 Å². The summed E-state index contributed by atoms with van der Waals surface area (Å²) in [6.45, 7) is 2.55. The summed E-state index contributed by atoms with van der Waals surface area (Å²) in [4.78, 5) is 4.66. The van der Waals surface area contributed by atoms with Crippen molar-refractivity contribution in [2.24, 2.45) is 5.11 Å². The van der Waals surface area contributed by atoms with Crippen LogP contribution in [0.5, 0.6) is 0 Å². The maximum absolute atomic E-state index is 7.94. The molecule has 0 heterocycles. The van der Waals surface area contributed by atoms with Crippen LogP contribution in [0.25, 0.3) is 10.4 Å². The largest absolute Gasteiger partial charge is 0.307 e. The van der Waals surface area contributed by atoms with E-state index in [1.165, 1.54) is 0 Å². The Hall–Kier alpha value is -0.730. The van der Waals surface area contributed by atoms with E-state index in [4.69, 9.17) is 5.53 Å². The molecule has 0 saturated carbocycles. The van der Waals surface area contributed by atoms with Gasteiger partial charge in [0.1, 0.15) is 0 Å². The number of hydrogen-bond donors (Lipinski definition) is 0. The molecule has 0 fully saturated rings. The quantitative estimate of drug-likeness (QED) is 0.320. The van der Waals surface area contributed by atoms with Gasteiger partial charge in [-0.25, -0.2) is 0 Å². The van der Waals surface area contributed by atoms with Gasteiger partial charge >= 0.3 is 0 Å². The van der Waals surface area contributed by atoms with Gasteiger partial charge in [-0.15, -0.1) is 0 Å². The lowest BCUT2D eigenvalue weighted by Crippen LogP contribution is -2.26. The molecule has 9 heavy (non-hydrogen) atoms. The number of nitrogens with zero attached hydrogens (tertiary/aromatic N) is 4. The molecule has 0 amide bonds. The van der Waals surface area contributed by atoms with E-state index in [2.05, 4.69) is 10.0 Å². The highest BCUT2D eigenvalue weighted by atomic mass is 15.2. The van der Waals surface area contributed by atoms with Gasteiger partial charge in [0.25, 0.3) is 0 Å². The Balaban J connectivity index is 3.49. The minimum absolute atomic E-state index is 0.334. The Kier molecular flexibility index (Phi) is 3.84. The van der Waals surface area contributed by atoms with Crippen LogP contribution in [0.1, 0.15) is 6.92 Å². The van der Waals surface area contributed by atoms with Crippen LogP contribution in [0.2, 0.25) is 0 Å². The molecule has 0 aromatic rings. The Morgan fingerprint density at radius 3 is 2.56 bits per heavy atom. The number of likely N-dealkylation sites (N-methyl/N-ethyl adjacent to an activating group) is 1. The zero-order chi connectivity index (χ0) is 7.28. The van der Waals surface area contributed by atoms with Crippen molar-refractivity contribution in [2.75, 3.05) is 20.6 Å². The fraction of sp³-hybridized carbons (Fsp3) is 1.00. The molecule has 0 rings (SSSR count). The van der Waals surface area contributed by atoms with Crippen molar-refractivity contribution in [3.63, 3.8) is 0 Å². The van der Waals surface area contributed by atoms with Crippen LogP contribution in [0.4, 0.5) is 0 Å². The second-order valence-corrected chi connectivity index (χ2v) is 2.23. The molecule has 0 aromatic carbocycles. The van der Waals surface area contributed by atoms with E-state index in [-0.39, 0.29) is 0 Å². The van der Waals surface area contributed by atoms with E-state index in [0.717, 1.165) is 0 Å². The van der Waals surface area contributed by atoms with E-state index < -0.39 is 0 Å². The summed E-state index contributed by atoms with van der Waals surface area (Å²) in [6.07, 6.45) is 0. The van der Waals surface area contributed by atoms with Crippen molar-refractivity contribution in [1.29, 1.82) is 0 Å². The first-order chi connectivity index (χ1) is 4.18. The third-order valence-corrected chi connectivity index (χ3v) is 1.29. The highest BCUT2D eigenvalue weighted by molar-refractivity contribution is 4.61. The van der Waals surface area contributed by atoms with E-state index in [1.54, 1.807) is 0 Å². The van der Waals surface area contributed by atoms with Gasteiger partial charge in [0.15, 0.2) is 0 Å². The fourth-order valence-electron chi connectivity index (χ4n) is 0.318. The number of rotatable bonds is 3. The van der Waals surface area contributed by atoms with Gasteiger partial charge in [-0.3, -0.25) is 0 Å². The standard InChI is InChI=1S/C5H12N4/c1-5(9(2)3)4-7-8-6/h5H,4H2,1-3H3. The fourth-order valence-corrected chi connectivity index (χ4v) is 0.318. The molecule has 0 bridgehead atoms. The molecule has 0 aliphatic rings. The van der Waals surface area contributed by atoms with Crippen molar-refractivity contribution >= 4 is 0 Å². The summed E-state index contributed by atoms with van der Waals surface area (Å²) >= 11 is 0. The summed E-state index contributed by atoms with van der Waals surface area (Å²) < 4.78 is 0. The van der Waals surface area contributed by atoms with Crippen LogP contribution < -0.4 is 0 Å². The first-order valence-electron chi connectivity index (χ1n) is 2.85. The summed E-state index contributed by atoms with van der Waals surface area (Å²) in [5.74, 6) is 0. The van der Waals surface area contributed by atoms with Crippen LogP contribution >= 0.6 is 0 Å². The van der Waals surface area contributed by atoms with Crippen molar-refractivity contribution in [3.8, 4) is 0 Å². The van der Waals surface area contributed by atoms with Crippen molar-refractivity contribution in [1.82, 2.24) is 4.90 Å². The van der Waals surface area contributed by atoms with Gasteiger partial charge in [-0.2, -0.15) is 0 Å². The molecule has 0 aromatic heterocycles. The predicted molar refractivity (Wildman–Crippen MR) is 37.2 cm³/mol. The highest BCUT2D eigenvalue weighted by Crippen LogP contribution is 1.90. The van der Waals surface area contributed by atoms with Gasteiger partial charge in [-0.05, 0) is 26.6 Å². The first kappa shape index (κ1) is 8.27. The van der Waals surface area contributed by atoms with Gasteiger partial charge < -0.3 is 4.90 Å². The summed E-state index contributed by atoms with van der Waals surface area (Å²) in [6, 6.07) is 0.334. The minimum atomic E-state index is 0.334. The molecule has 0 saturated heterocycles. The van der Waals surface area contributed by atoms with Crippen molar-refractivity contribution < 1.29 is 0 Å². The Morgan fingerprint density at radius 1 is 1.67 bits per heavy atom. The van der Waals surface area contributed by atoms with Gasteiger partial charge in [0.2, 0.25) is 0 Å². The van der Waals surface area contributed by atoms with Gasteiger partial charge in [0.05, 0.1) is 0 Å². The van der Waals surface area contributed by atoms with Crippen molar-refractivity contribution in [2.45, 2.75) is 13.0 Å². The molecule has 0 aliphatic carbocycles. The van der Waals surface area contributed by atoms with Gasteiger partial charge in [-0.1, -0.05) is 5.11 Å². The Bertz CT molecular complexity index is 114. The second kappa shape index (κ2) is 4.18. The van der Waals surface area contributed by atoms with Crippen LogP contribution in [0, 0.1) is 0 Å². The number of azide groups is 1. The Morgan fingerprint density at radius 2 is 2.22 bits per heavy atom. The molecule has 4 nitrogen and oxygen atoms in total. The van der Waals surface area contributed by atoms with Crippen LogP contribution in [-0.4, -0.2) is 31.6 Å². The molecule has 4 heteroatoms. The van der Waals surface area contributed by atoms with Crippen LogP contribution in [0.15, 0.2) is 5.11 Å². The summed E-state index contributed by atoms with van der Waals surface area (Å²) in [5.41, 5.74) is 7.94. The zero-order valence-corrected chi connectivity index (χ0v) is 6.07. The van der Waals surface area contributed by atoms with Crippen LogP contribution in [-0.2, 0) is 0 Å². The molecular weight excluding hydrogens is 116 g/mol. The molecule has 0 spiro atoms. The van der Waals surface area contributed by atoms with Crippen molar-refractivity contribution in [3.05, 3.63) is 10.4 Å². The lowest BCUT2D eigenvalue weighted by Gasteiger charge is -2.16. The minimum Gasteiger partial charge on any atom is -0.307 e. The molecule has 0 aliphatic heterocycles. The van der Waals surface area contributed by atoms with Crippen LogP contribution in [0.3, 0.4) is 0 Å². The average molecular weight is 128 g/mol. The molecular formula is C5H12N4. The molecule has 52 valence electrons. The molecule has 1 unspecified atom stereocenters. The van der Waals surface area contributed by atoms with E-state index in [9.17, 15) is 0 Å². The second-order valence-electron chi connectivity index (χ2n) is 2.23. The van der Waals surface area contributed by atoms with Gasteiger partial charge in [0, 0.05) is 17.5 Å². The smallest absolute Gasteiger partial charge is 0.0411 e. The van der Waals surface area contributed by atoms with E-state index >= 15 is 0 Å². The normalized spacial score (nSPS) is 12.9. The Labute approximate surface area is 55.1 Å². The summed E-state index contributed by atoms with van der Waals surface area (Å²) in [5, 5.41) is 3.43. The van der Waals surface area contributed by atoms with E-state index in [0.29, 0.717) is 12.6 Å². The SMILES string of the molecule is CC(CN=[N+]=[N-])N(C)C. The molecule has 0 N–H and O–H groups in total. The first-order valence-corrected chi connectivity index (χ1v) is 2.85. The lowest BCUT2D eigenvalue weighted by atomic mass is 10.3. The third kappa shape index (κ3) is 3.82. The molecule has 0 radical (unpaired) electrons. The molecule has 1 atom stereocenters. The highest BCUT2D eigenvalue weighted by Gasteiger charge is 1.99. The topological polar surface area (TPSA) is 52.0 Å². The summed E-state index contributed by atoms with van der Waals surface area (Å²) in [7, 11) is 3.91. The zero-order valence-electron chi connectivity index (χ0n) is 6.07. The predicted octanol–water partition coefficient (Wildman–Crippen LogP) is 1.25. The maximum Gasteiger partial charge on any atom is 0.0411 e.